The van der Waals surface area contributed by atoms with E-state index in [0.29, 0.717) is 0 Å². The molecule has 0 radical (unpaired) electrons. The molecule has 246 valence electrons. The molecular weight excluding hydrogens is 615 g/mol. The van der Waals surface area contributed by atoms with Gasteiger partial charge in [-0.25, -0.2) is 0 Å². The molecule has 0 aliphatic heterocycles. The van der Waals surface area contributed by atoms with E-state index in [-0.39, 0.29) is 5.41 Å². The highest BCUT2D eigenvalue weighted by atomic mass is 15.1. The van der Waals surface area contributed by atoms with Crippen LogP contribution in [-0.2, 0) is 5.41 Å². The van der Waals surface area contributed by atoms with E-state index in [2.05, 4.69) is 169 Å². The van der Waals surface area contributed by atoms with Gasteiger partial charge in [0.15, 0.2) is 0 Å². The van der Waals surface area contributed by atoms with Gasteiger partial charge in [0, 0.05) is 22.2 Å². The Morgan fingerprint density at radius 3 is 1.67 bits per heavy atom. The van der Waals surface area contributed by atoms with Gasteiger partial charge in [0.2, 0.25) is 0 Å². The first-order valence-corrected chi connectivity index (χ1v) is 19.0. The van der Waals surface area contributed by atoms with Gasteiger partial charge in [0.05, 0.1) is 5.69 Å². The lowest BCUT2D eigenvalue weighted by atomic mass is 9.43. The van der Waals surface area contributed by atoms with Gasteiger partial charge in [-0.15, -0.1) is 0 Å². The Hall–Kier alpha value is -5.40. The number of hydrogen-bond acceptors (Lipinski definition) is 1. The molecule has 0 aromatic heterocycles. The van der Waals surface area contributed by atoms with Gasteiger partial charge < -0.3 is 4.90 Å². The van der Waals surface area contributed by atoms with Crippen molar-refractivity contribution in [3.8, 4) is 33.4 Å². The largest absolute Gasteiger partial charge is 0.310 e. The molecule has 1 spiro atoms. The van der Waals surface area contributed by atoms with Crippen LogP contribution in [0.25, 0.3) is 44.2 Å². The molecule has 0 amide bonds. The normalized spacial score (nSPS) is 23.8. The molecule has 0 heterocycles. The zero-order valence-electron chi connectivity index (χ0n) is 28.9. The third-order valence-electron chi connectivity index (χ3n) is 13.3. The van der Waals surface area contributed by atoms with Crippen LogP contribution in [-0.4, -0.2) is 0 Å². The first-order valence-electron chi connectivity index (χ1n) is 19.0. The molecule has 5 aliphatic carbocycles. The second-order valence-corrected chi connectivity index (χ2v) is 15.7. The number of benzene rings is 7. The van der Waals surface area contributed by atoms with Crippen LogP contribution in [0.4, 0.5) is 17.1 Å². The maximum absolute atomic E-state index is 2.63. The Kier molecular flexibility index (Phi) is 6.50. The summed E-state index contributed by atoms with van der Waals surface area (Å²) in [5.41, 5.74) is 14.9. The number of nitrogens with zero attached hydrogens (tertiary/aromatic N) is 1. The molecule has 7 aromatic rings. The average Bonchev–Trinajstić information content (AvgIpc) is 3.48. The Balaban J connectivity index is 1.13. The van der Waals surface area contributed by atoms with Crippen LogP contribution in [0.3, 0.4) is 0 Å². The predicted octanol–water partition coefficient (Wildman–Crippen LogP) is 13.4. The highest BCUT2D eigenvalue weighted by molar-refractivity contribution is 6.06. The van der Waals surface area contributed by atoms with Crippen LogP contribution < -0.4 is 4.90 Å². The summed E-state index contributed by atoms with van der Waals surface area (Å²) in [6.07, 6.45) is 7.03. The molecule has 1 heteroatoms. The first-order chi connectivity index (χ1) is 25.3. The molecule has 0 saturated heterocycles. The molecular formula is C50H41N. The molecule has 5 aliphatic rings. The molecule has 1 nitrogen and oxygen atoms in total. The fourth-order valence-corrected chi connectivity index (χ4v) is 11.5. The van der Waals surface area contributed by atoms with Crippen molar-refractivity contribution in [2.75, 3.05) is 4.90 Å². The molecule has 4 fully saturated rings. The summed E-state index contributed by atoms with van der Waals surface area (Å²) in [5.74, 6) is 3.31. The highest BCUT2D eigenvalue weighted by Crippen LogP contribution is 2.69. The fourth-order valence-electron chi connectivity index (χ4n) is 11.5. The smallest absolute Gasteiger partial charge is 0.0540 e. The van der Waals surface area contributed by atoms with Crippen molar-refractivity contribution in [1.29, 1.82) is 0 Å². The lowest BCUT2D eigenvalue weighted by molar-refractivity contribution is -0.0399. The van der Waals surface area contributed by atoms with E-state index >= 15 is 0 Å². The van der Waals surface area contributed by atoms with Gasteiger partial charge >= 0.3 is 0 Å². The van der Waals surface area contributed by atoms with Gasteiger partial charge in [0.1, 0.15) is 0 Å². The average molecular weight is 656 g/mol. The maximum Gasteiger partial charge on any atom is 0.0540 e. The lowest BCUT2D eigenvalue weighted by Gasteiger charge is -2.61. The van der Waals surface area contributed by atoms with E-state index in [1.807, 2.05) is 0 Å². The van der Waals surface area contributed by atoms with Gasteiger partial charge in [-0.1, -0.05) is 133 Å². The first kappa shape index (κ1) is 29.3. The summed E-state index contributed by atoms with van der Waals surface area (Å²) in [5, 5.41) is 2.54. The minimum absolute atomic E-state index is 0.122. The third kappa shape index (κ3) is 4.34. The van der Waals surface area contributed by atoms with Crippen molar-refractivity contribution in [3.05, 3.63) is 175 Å². The number of rotatable bonds is 5. The zero-order chi connectivity index (χ0) is 33.5. The van der Waals surface area contributed by atoms with Crippen molar-refractivity contribution in [1.82, 2.24) is 0 Å². The minimum Gasteiger partial charge on any atom is -0.310 e. The molecule has 7 aromatic carbocycles. The van der Waals surface area contributed by atoms with E-state index in [0.717, 1.165) is 23.7 Å². The van der Waals surface area contributed by atoms with Crippen LogP contribution in [0, 0.1) is 23.7 Å². The van der Waals surface area contributed by atoms with Crippen molar-refractivity contribution < 1.29 is 0 Å². The van der Waals surface area contributed by atoms with Gasteiger partial charge in [-0.05, 0) is 136 Å². The Bertz CT molecular complexity index is 2400. The van der Waals surface area contributed by atoms with Crippen molar-refractivity contribution in [3.63, 3.8) is 0 Å². The Labute approximate surface area is 301 Å². The Morgan fingerprint density at radius 1 is 0.392 bits per heavy atom. The molecule has 0 N–H and O–H groups in total. The molecule has 0 atom stereocenters. The van der Waals surface area contributed by atoms with Crippen molar-refractivity contribution in [2.45, 2.75) is 37.5 Å². The summed E-state index contributed by atoms with van der Waals surface area (Å²) >= 11 is 0. The second-order valence-electron chi connectivity index (χ2n) is 15.7. The monoisotopic (exact) mass is 655 g/mol. The molecule has 4 saturated carbocycles. The lowest BCUT2D eigenvalue weighted by Crippen LogP contribution is -2.55. The molecule has 12 rings (SSSR count). The molecule has 4 bridgehead atoms. The standard InChI is InChI=1S/C50H41N/c1-3-11-35(12-4-1)36-19-21-40(22-20-36)51(49-26-25-42(37-13-5-2-6-14-37)43-15-7-8-17-46(43)49)41-23-24-45-44-16-9-10-18-47(44)50(48(45)32-41)38-28-33-27-34(30-38)31-39(50)29-33/h1-26,32-34,38-39H,27-31H2. The predicted molar refractivity (Wildman–Crippen MR) is 213 cm³/mol. The zero-order valence-corrected chi connectivity index (χ0v) is 28.9. The van der Waals surface area contributed by atoms with Crippen molar-refractivity contribution in [2.24, 2.45) is 23.7 Å². The van der Waals surface area contributed by atoms with Gasteiger partial charge in [-0.3, -0.25) is 0 Å². The molecule has 51 heavy (non-hydrogen) atoms. The van der Waals surface area contributed by atoms with Crippen LogP contribution in [0.5, 0.6) is 0 Å². The number of hydrogen-bond donors (Lipinski definition) is 0. The number of fused-ring (bicyclic) bond motifs is 4. The van der Waals surface area contributed by atoms with E-state index in [4.69, 9.17) is 0 Å². The van der Waals surface area contributed by atoms with Crippen LogP contribution in [0.1, 0.15) is 43.2 Å². The van der Waals surface area contributed by atoms with E-state index in [1.54, 1.807) is 11.1 Å². The van der Waals surface area contributed by atoms with Crippen molar-refractivity contribution >= 4 is 27.8 Å². The minimum atomic E-state index is 0.122. The fraction of sp³-hybridized carbons (Fsp3) is 0.200. The van der Waals surface area contributed by atoms with Crippen LogP contribution >= 0.6 is 0 Å². The quantitative estimate of drug-likeness (QED) is 0.178. The van der Waals surface area contributed by atoms with Crippen LogP contribution in [0.2, 0.25) is 0 Å². The summed E-state index contributed by atoms with van der Waals surface area (Å²) in [6, 6.07) is 61.4. The number of anilines is 3. The third-order valence-corrected chi connectivity index (χ3v) is 13.3. The molecule has 0 unspecified atom stereocenters. The Morgan fingerprint density at radius 2 is 0.941 bits per heavy atom. The summed E-state index contributed by atoms with van der Waals surface area (Å²) in [6.45, 7) is 0. The van der Waals surface area contributed by atoms with E-state index in [9.17, 15) is 0 Å². The maximum atomic E-state index is 2.63. The van der Waals surface area contributed by atoms with E-state index in [1.165, 1.54) is 93.3 Å². The van der Waals surface area contributed by atoms with Gasteiger partial charge in [-0.2, -0.15) is 0 Å². The van der Waals surface area contributed by atoms with E-state index < -0.39 is 0 Å². The summed E-state index contributed by atoms with van der Waals surface area (Å²) < 4.78 is 0. The SMILES string of the molecule is c1ccc(-c2ccc(N(c3ccc4c(c3)C3(c5ccccc5-4)C4CC5CC(C4)CC3C5)c3ccc(-c4ccccc4)c4ccccc34)cc2)cc1. The van der Waals surface area contributed by atoms with Crippen LogP contribution in [0.15, 0.2) is 164 Å². The topological polar surface area (TPSA) is 3.24 Å². The summed E-state index contributed by atoms with van der Waals surface area (Å²) in [7, 11) is 0. The highest BCUT2D eigenvalue weighted by Gasteiger charge is 2.61. The van der Waals surface area contributed by atoms with Gasteiger partial charge in [0.25, 0.3) is 0 Å². The second kappa shape index (κ2) is 11.3. The summed E-state index contributed by atoms with van der Waals surface area (Å²) in [4.78, 5) is 2.54.